The van der Waals surface area contributed by atoms with Gasteiger partial charge < -0.3 is 16.0 Å². The van der Waals surface area contributed by atoms with E-state index in [0.29, 0.717) is 17.8 Å². The number of nitrogens with one attached hydrogen (secondary N) is 1. The number of aryl methyl sites for hydroxylation is 1. The maximum absolute atomic E-state index is 12.3. The van der Waals surface area contributed by atoms with E-state index in [4.69, 9.17) is 17.3 Å². The van der Waals surface area contributed by atoms with Gasteiger partial charge in [-0.05, 0) is 48.9 Å². The van der Waals surface area contributed by atoms with Crippen molar-refractivity contribution in [3.63, 3.8) is 0 Å². The highest BCUT2D eigenvalue weighted by molar-refractivity contribution is 6.30. The molecule has 1 aliphatic heterocycles. The molecule has 1 fully saturated rings. The zero-order chi connectivity index (χ0) is 19.4. The van der Waals surface area contributed by atoms with Crippen LogP contribution in [0, 0.1) is 6.92 Å². The Morgan fingerprint density at radius 3 is 2.37 bits per heavy atom. The lowest BCUT2D eigenvalue weighted by atomic mass is 10.1. The van der Waals surface area contributed by atoms with Gasteiger partial charge in [-0.15, -0.1) is 0 Å². The Morgan fingerprint density at radius 2 is 1.74 bits per heavy atom. The maximum atomic E-state index is 12.3. The van der Waals surface area contributed by atoms with Crippen molar-refractivity contribution in [3.8, 4) is 0 Å². The van der Waals surface area contributed by atoms with Crippen molar-refractivity contribution in [2.75, 3.05) is 42.9 Å². The van der Waals surface area contributed by atoms with Crippen LogP contribution < -0.4 is 16.0 Å². The van der Waals surface area contributed by atoms with Crippen LogP contribution in [0.2, 0.25) is 5.02 Å². The van der Waals surface area contributed by atoms with Crippen LogP contribution in [0.25, 0.3) is 0 Å². The van der Waals surface area contributed by atoms with Crippen LogP contribution in [-0.2, 0) is 4.79 Å². The Hall–Kier alpha value is -2.57. The molecular formula is C20H23ClN4O2. The molecule has 3 rings (SSSR count). The number of carbonyl (C=O) groups excluding carboxylic acids is 2. The first-order chi connectivity index (χ1) is 12.9. The molecule has 0 spiro atoms. The van der Waals surface area contributed by atoms with Crippen LogP contribution in [0.5, 0.6) is 0 Å². The molecule has 0 radical (unpaired) electrons. The van der Waals surface area contributed by atoms with E-state index < -0.39 is 5.91 Å². The number of nitrogens with two attached hydrogens (primary N) is 1. The lowest BCUT2D eigenvalue weighted by Crippen LogP contribution is -2.48. The molecule has 1 aliphatic rings. The van der Waals surface area contributed by atoms with Crippen molar-refractivity contribution in [2.45, 2.75) is 6.92 Å². The molecule has 7 heteroatoms. The summed E-state index contributed by atoms with van der Waals surface area (Å²) < 4.78 is 0. The molecule has 2 aromatic carbocycles. The Labute approximate surface area is 163 Å². The average Bonchev–Trinajstić information content (AvgIpc) is 2.65. The highest BCUT2D eigenvalue weighted by Crippen LogP contribution is 2.25. The summed E-state index contributed by atoms with van der Waals surface area (Å²) in [4.78, 5) is 27.8. The Morgan fingerprint density at radius 1 is 1.07 bits per heavy atom. The van der Waals surface area contributed by atoms with Gasteiger partial charge in [-0.3, -0.25) is 14.5 Å². The fourth-order valence-corrected chi connectivity index (χ4v) is 3.36. The van der Waals surface area contributed by atoms with E-state index in [2.05, 4.69) is 22.0 Å². The van der Waals surface area contributed by atoms with Gasteiger partial charge in [0.1, 0.15) is 0 Å². The minimum atomic E-state index is -0.485. The van der Waals surface area contributed by atoms with E-state index in [9.17, 15) is 9.59 Å². The largest absolute Gasteiger partial charge is 0.369 e. The summed E-state index contributed by atoms with van der Waals surface area (Å²) >= 11 is 6.12. The smallest absolute Gasteiger partial charge is 0.248 e. The highest BCUT2D eigenvalue weighted by atomic mass is 35.5. The Balaban J connectivity index is 1.50. The zero-order valence-corrected chi connectivity index (χ0v) is 16.0. The van der Waals surface area contributed by atoms with Crippen molar-refractivity contribution in [3.05, 3.63) is 58.6 Å². The monoisotopic (exact) mass is 386 g/mol. The van der Waals surface area contributed by atoms with E-state index in [1.807, 2.05) is 18.2 Å². The van der Waals surface area contributed by atoms with Gasteiger partial charge in [-0.25, -0.2) is 0 Å². The molecule has 1 saturated heterocycles. The second-order valence-corrected chi connectivity index (χ2v) is 7.12. The first-order valence-electron chi connectivity index (χ1n) is 8.85. The lowest BCUT2D eigenvalue weighted by Gasteiger charge is -2.36. The molecule has 0 atom stereocenters. The van der Waals surface area contributed by atoms with Crippen molar-refractivity contribution in [1.29, 1.82) is 0 Å². The molecule has 2 amide bonds. The predicted molar refractivity (Wildman–Crippen MR) is 108 cm³/mol. The van der Waals surface area contributed by atoms with Gasteiger partial charge in [-0.1, -0.05) is 17.7 Å². The number of nitrogens with zero attached hydrogens (tertiary/aromatic N) is 2. The third kappa shape index (κ3) is 4.99. The van der Waals surface area contributed by atoms with Crippen molar-refractivity contribution < 1.29 is 9.59 Å². The van der Waals surface area contributed by atoms with Gasteiger partial charge >= 0.3 is 0 Å². The fraction of sp³-hybridized carbons (Fsp3) is 0.300. The molecule has 6 nitrogen and oxygen atoms in total. The first kappa shape index (κ1) is 19.2. The number of benzene rings is 2. The lowest BCUT2D eigenvalue weighted by molar-refractivity contribution is -0.117. The predicted octanol–water partition coefficient (Wildman–Crippen LogP) is 2.51. The fourth-order valence-electron chi connectivity index (χ4n) is 3.19. The van der Waals surface area contributed by atoms with E-state index >= 15 is 0 Å². The molecule has 142 valence electrons. The van der Waals surface area contributed by atoms with Crippen LogP contribution in [-0.4, -0.2) is 49.4 Å². The van der Waals surface area contributed by atoms with Gasteiger partial charge in [0.2, 0.25) is 11.8 Å². The number of primary amides is 1. The summed E-state index contributed by atoms with van der Waals surface area (Å²) in [5.41, 5.74) is 8.64. The van der Waals surface area contributed by atoms with E-state index in [-0.39, 0.29) is 5.91 Å². The SMILES string of the molecule is Cc1ccc(Cl)cc1N1CCN(CC(=O)Nc2ccc(C(N)=O)cc2)CC1. The van der Waals surface area contributed by atoms with Crippen molar-refractivity contribution >= 4 is 34.8 Å². The summed E-state index contributed by atoms with van der Waals surface area (Å²) in [5, 5.41) is 3.59. The Bertz CT molecular complexity index is 830. The van der Waals surface area contributed by atoms with Crippen LogP contribution >= 0.6 is 11.6 Å². The van der Waals surface area contributed by atoms with Crippen LogP contribution in [0.4, 0.5) is 11.4 Å². The number of hydrogen-bond acceptors (Lipinski definition) is 4. The summed E-state index contributed by atoms with van der Waals surface area (Å²) in [5.74, 6) is -0.560. The second-order valence-electron chi connectivity index (χ2n) is 6.68. The van der Waals surface area contributed by atoms with E-state index in [0.717, 1.165) is 36.9 Å². The number of rotatable bonds is 5. The van der Waals surface area contributed by atoms with E-state index in [1.165, 1.54) is 5.56 Å². The quantitative estimate of drug-likeness (QED) is 0.827. The third-order valence-corrected chi connectivity index (χ3v) is 4.94. The molecule has 3 N–H and O–H groups in total. The summed E-state index contributed by atoms with van der Waals surface area (Å²) in [6, 6.07) is 12.5. The van der Waals surface area contributed by atoms with Gasteiger partial charge in [0, 0.05) is 48.1 Å². The molecule has 0 aromatic heterocycles. The zero-order valence-electron chi connectivity index (χ0n) is 15.2. The minimum absolute atomic E-state index is 0.0748. The molecule has 1 heterocycles. The third-order valence-electron chi connectivity index (χ3n) is 4.70. The van der Waals surface area contributed by atoms with Gasteiger partial charge in [-0.2, -0.15) is 0 Å². The summed E-state index contributed by atoms with van der Waals surface area (Å²) in [6.07, 6.45) is 0. The number of anilines is 2. The van der Waals surface area contributed by atoms with Crippen LogP contribution in [0.1, 0.15) is 15.9 Å². The summed E-state index contributed by atoms with van der Waals surface area (Å²) in [6.45, 7) is 5.72. The number of carbonyl (C=O) groups is 2. The van der Waals surface area contributed by atoms with Crippen LogP contribution in [0.15, 0.2) is 42.5 Å². The van der Waals surface area contributed by atoms with E-state index in [1.54, 1.807) is 24.3 Å². The molecule has 0 aliphatic carbocycles. The molecule has 0 saturated carbocycles. The molecule has 27 heavy (non-hydrogen) atoms. The van der Waals surface area contributed by atoms with Gasteiger partial charge in [0.05, 0.1) is 6.54 Å². The highest BCUT2D eigenvalue weighted by Gasteiger charge is 2.20. The molecule has 0 bridgehead atoms. The van der Waals surface area contributed by atoms with Crippen LogP contribution in [0.3, 0.4) is 0 Å². The summed E-state index contributed by atoms with van der Waals surface area (Å²) in [7, 11) is 0. The van der Waals surface area contributed by atoms with Gasteiger partial charge in [0.25, 0.3) is 0 Å². The maximum Gasteiger partial charge on any atom is 0.248 e. The molecule has 2 aromatic rings. The Kier molecular flexibility index (Phi) is 5.98. The number of piperazine rings is 1. The second kappa shape index (κ2) is 8.41. The number of hydrogen-bond donors (Lipinski definition) is 2. The minimum Gasteiger partial charge on any atom is -0.369 e. The normalized spacial score (nSPS) is 14.8. The first-order valence-corrected chi connectivity index (χ1v) is 9.23. The topological polar surface area (TPSA) is 78.7 Å². The molecule has 0 unspecified atom stereocenters. The number of amides is 2. The van der Waals surface area contributed by atoms with Gasteiger partial charge in [0.15, 0.2) is 0 Å². The molecular weight excluding hydrogens is 364 g/mol. The standard InChI is InChI=1S/C20H23ClN4O2/c1-14-2-5-16(21)12-18(14)25-10-8-24(9-11-25)13-19(26)23-17-6-3-15(4-7-17)20(22)27/h2-7,12H,8-11,13H2,1H3,(H2,22,27)(H,23,26). The number of halogens is 1. The average molecular weight is 387 g/mol. The van der Waals surface area contributed by atoms with Crippen molar-refractivity contribution in [2.24, 2.45) is 5.73 Å². The van der Waals surface area contributed by atoms with Crippen molar-refractivity contribution in [1.82, 2.24) is 4.90 Å².